The molecule has 0 atom stereocenters. The van der Waals surface area contributed by atoms with Crippen LogP contribution in [0.4, 0.5) is 18.9 Å². The van der Waals surface area contributed by atoms with Gasteiger partial charge in [0.2, 0.25) is 5.91 Å². The van der Waals surface area contributed by atoms with Gasteiger partial charge in [-0.1, -0.05) is 6.58 Å². The van der Waals surface area contributed by atoms with Crippen LogP contribution in [0.3, 0.4) is 0 Å². The molecule has 0 spiro atoms. The van der Waals surface area contributed by atoms with Gasteiger partial charge in [-0.2, -0.15) is 13.2 Å². The average Bonchev–Trinajstić information content (AvgIpc) is 2.53. The molecule has 120 valence electrons. The Morgan fingerprint density at radius 1 is 1.41 bits per heavy atom. The van der Waals surface area contributed by atoms with E-state index in [2.05, 4.69) is 11.6 Å². The highest BCUT2D eigenvalue weighted by Gasteiger charge is 2.32. The van der Waals surface area contributed by atoms with Crippen molar-refractivity contribution in [1.29, 1.82) is 0 Å². The second-order valence-corrected chi connectivity index (χ2v) is 5.27. The molecule has 1 saturated heterocycles. The predicted molar refractivity (Wildman–Crippen MR) is 77.4 cm³/mol. The van der Waals surface area contributed by atoms with Gasteiger partial charge in [-0.15, -0.1) is 0 Å². The summed E-state index contributed by atoms with van der Waals surface area (Å²) in [7, 11) is 1.74. The van der Waals surface area contributed by atoms with E-state index in [1.807, 2.05) is 4.90 Å². The number of alkyl halides is 3. The zero-order chi connectivity index (χ0) is 16.3. The number of nitrogens with zero attached hydrogens (tertiary/aromatic N) is 3. The Bertz CT molecular complexity index is 534. The largest absolute Gasteiger partial charge is 0.433 e. The Morgan fingerprint density at radius 3 is 2.50 bits per heavy atom. The third-order valence-electron chi connectivity index (χ3n) is 3.94. The van der Waals surface area contributed by atoms with E-state index in [1.54, 1.807) is 11.9 Å². The van der Waals surface area contributed by atoms with E-state index < -0.39 is 11.9 Å². The number of carbonyl (C=O) groups excluding carboxylic acids is 1. The Balaban J connectivity index is 1.97. The first-order chi connectivity index (χ1) is 10.3. The minimum absolute atomic E-state index is 0.116. The maximum atomic E-state index is 12.5. The first kappa shape index (κ1) is 16.3. The zero-order valence-corrected chi connectivity index (χ0v) is 12.3. The van der Waals surface area contributed by atoms with E-state index in [9.17, 15) is 18.0 Å². The molecule has 0 aliphatic carbocycles. The van der Waals surface area contributed by atoms with Crippen molar-refractivity contribution in [3.63, 3.8) is 0 Å². The standard InChI is InChI=1S/C15H18F3N3O/c1-3-14(22)20(2)11-6-8-21(9-7-11)12-4-5-13(19-10-12)15(16,17)18/h3-5,10-11H,1,6-9H2,2H3. The van der Waals surface area contributed by atoms with Gasteiger partial charge >= 0.3 is 6.18 Å². The maximum Gasteiger partial charge on any atom is 0.433 e. The molecule has 0 saturated carbocycles. The van der Waals surface area contributed by atoms with Crippen LogP contribution in [0.2, 0.25) is 0 Å². The molecule has 4 nitrogen and oxygen atoms in total. The van der Waals surface area contributed by atoms with Gasteiger partial charge in [0.15, 0.2) is 0 Å². The van der Waals surface area contributed by atoms with E-state index in [-0.39, 0.29) is 11.9 Å². The number of rotatable bonds is 3. The van der Waals surface area contributed by atoms with Gasteiger partial charge in [0.25, 0.3) is 0 Å². The van der Waals surface area contributed by atoms with Crippen LogP contribution in [0.5, 0.6) is 0 Å². The third-order valence-corrected chi connectivity index (χ3v) is 3.94. The molecule has 2 heterocycles. The molecule has 1 aliphatic heterocycles. The Kier molecular flexibility index (Phi) is 4.73. The summed E-state index contributed by atoms with van der Waals surface area (Å²) in [6, 6.07) is 2.56. The highest BCUT2D eigenvalue weighted by atomic mass is 19.4. The predicted octanol–water partition coefficient (Wildman–Crippen LogP) is 2.71. The van der Waals surface area contributed by atoms with Crippen molar-refractivity contribution in [2.24, 2.45) is 0 Å². The number of likely N-dealkylation sites (N-methyl/N-ethyl adjacent to an activating group) is 1. The molecule has 1 aliphatic rings. The normalized spacial score (nSPS) is 16.5. The van der Waals surface area contributed by atoms with E-state index in [1.165, 1.54) is 18.3 Å². The quantitative estimate of drug-likeness (QED) is 0.805. The number of aromatic nitrogens is 1. The smallest absolute Gasteiger partial charge is 0.370 e. The van der Waals surface area contributed by atoms with Crippen LogP contribution in [0, 0.1) is 0 Å². The molecule has 0 N–H and O–H groups in total. The van der Waals surface area contributed by atoms with E-state index in [0.29, 0.717) is 18.8 Å². The Labute approximate surface area is 127 Å². The van der Waals surface area contributed by atoms with Gasteiger partial charge < -0.3 is 9.80 Å². The lowest BCUT2D eigenvalue weighted by atomic mass is 10.0. The van der Waals surface area contributed by atoms with Crippen LogP contribution in [0.15, 0.2) is 31.0 Å². The number of carbonyl (C=O) groups is 1. The van der Waals surface area contributed by atoms with Crippen LogP contribution in [-0.4, -0.2) is 42.0 Å². The molecular weight excluding hydrogens is 295 g/mol. The summed E-state index contributed by atoms with van der Waals surface area (Å²) in [5, 5.41) is 0. The number of halogens is 3. The summed E-state index contributed by atoms with van der Waals surface area (Å²) in [5.74, 6) is -0.116. The van der Waals surface area contributed by atoms with E-state index in [0.717, 1.165) is 18.9 Å². The molecule has 2 rings (SSSR count). The molecule has 7 heteroatoms. The minimum atomic E-state index is -4.42. The summed E-state index contributed by atoms with van der Waals surface area (Å²) >= 11 is 0. The lowest BCUT2D eigenvalue weighted by molar-refractivity contribution is -0.141. The molecule has 1 aromatic heterocycles. The Hall–Kier alpha value is -2.05. The van der Waals surface area contributed by atoms with Crippen molar-refractivity contribution in [3.05, 3.63) is 36.7 Å². The summed E-state index contributed by atoms with van der Waals surface area (Å²) in [6.07, 6.45) is -0.360. The van der Waals surface area contributed by atoms with Crippen LogP contribution in [0.1, 0.15) is 18.5 Å². The van der Waals surface area contributed by atoms with Gasteiger partial charge in [-0.3, -0.25) is 4.79 Å². The van der Waals surface area contributed by atoms with Gasteiger partial charge in [0, 0.05) is 26.2 Å². The number of piperidine rings is 1. The molecule has 22 heavy (non-hydrogen) atoms. The topological polar surface area (TPSA) is 36.4 Å². The molecule has 0 aromatic carbocycles. The van der Waals surface area contributed by atoms with E-state index >= 15 is 0 Å². The molecular formula is C15H18F3N3O. The molecule has 0 unspecified atom stereocenters. The van der Waals surface area contributed by atoms with Gasteiger partial charge in [-0.25, -0.2) is 4.98 Å². The van der Waals surface area contributed by atoms with Crippen molar-refractivity contribution >= 4 is 11.6 Å². The molecule has 0 bridgehead atoms. The second kappa shape index (κ2) is 6.37. The van der Waals surface area contributed by atoms with Crippen LogP contribution < -0.4 is 4.90 Å². The van der Waals surface area contributed by atoms with Crippen molar-refractivity contribution in [1.82, 2.24) is 9.88 Å². The monoisotopic (exact) mass is 313 g/mol. The summed E-state index contributed by atoms with van der Waals surface area (Å²) in [6.45, 7) is 4.81. The fraction of sp³-hybridized carbons (Fsp3) is 0.467. The lowest BCUT2D eigenvalue weighted by Gasteiger charge is -2.37. The highest BCUT2D eigenvalue weighted by Crippen LogP contribution is 2.29. The number of pyridine rings is 1. The Morgan fingerprint density at radius 2 is 2.05 bits per heavy atom. The van der Waals surface area contributed by atoms with Crippen LogP contribution in [-0.2, 0) is 11.0 Å². The van der Waals surface area contributed by atoms with Crippen molar-refractivity contribution in [2.45, 2.75) is 25.1 Å². The third kappa shape index (κ3) is 3.58. The molecule has 1 aromatic rings. The number of hydrogen-bond acceptors (Lipinski definition) is 3. The first-order valence-electron chi connectivity index (χ1n) is 7.00. The summed E-state index contributed by atoms with van der Waals surface area (Å²) in [4.78, 5) is 18.7. The SMILES string of the molecule is C=CC(=O)N(C)C1CCN(c2ccc(C(F)(F)F)nc2)CC1. The number of hydrogen-bond donors (Lipinski definition) is 0. The second-order valence-electron chi connectivity index (χ2n) is 5.27. The summed E-state index contributed by atoms with van der Waals surface area (Å²) < 4.78 is 37.5. The van der Waals surface area contributed by atoms with Crippen molar-refractivity contribution in [3.8, 4) is 0 Å². The van der Waals surface area contributed by atoms with Gasteiger partial charge in [0.1, 0.15) is 5.69 Å². The lowest BCUT2D eigenvalue weighted by Crippen LogP contribution is -2.45. The highest BCUT2D eigenvalue weighted by molar-refractivity contribution is 5.87. The molecule has 1 fully saturated rings. The molecule has 0 radical (unpaired) electrons. The van der Waals surface area contributed by atoms with Crippen molar-refractivity contribution < 1.29 is 18.0 Å². The van der Waals surface area contributed by atoms with Crippen LogP contribution >= 0.6 is 0 Å². The fourth-order valence-corrected chi connectivity index (χ4v) is 2.58. The summed E-state index contributed by atoms with van der Waals surface area (Å²) in [5.41, 5.74) is -0.216. The molecule has 1 amide bonds. The number of amides is 1. The minimum Gasteiger partial charge on any atom is -0.370 e. The maximum absolute atomic E-state index is 12.5. The van der Waals surface area contributed by atoms with Gasteiger partial charge in [-0.05, 0) is 31.1 Å². The van der Waals surface area contributed by atoms with Gasteiger partial charge in [0.05, 0.1) is 11.9 Å². The fourth-order valence-electron chi connectivity index (χ4n) is 2.58. The van der Waals surface area contributed by atoms with Crippen LogP contribution in [0.25, 0.3) is 0 Å². The van der Waals surface area contributed by atoms with E-state index in [4.69, 9.17) is 0 Å². The average molecular weight is 313 g/mol. The van der Waals surface area contributed by atoms with Crippen molar-refractivity contribution in [2.75, 3.05) is 25.0 Å². The number of anilines is 1. The first-order valence-corrected chi connectivity index (χ1v) is 7.00. The zero-order valence-electron chi connectivity index (χ0n) is 12.3.